The van der Waals surface area contributed by atoms with E-state index in [1.54, 1.807) is 17.7 Å². The lowest BCUT2D eigenvalue weighted by Gasteiger charge is -2.04. The van der Waals surface area contributed by atoms with E-state index in [2.05, 4.69) is 5.10 Å². The lowest BCUT2D eigenvalue weighted by atomic mass is 10.2. The number of sulfone groups is 1. The molecule has 0 atom stereocenters. The molecule has 1 aromatic heterocycles. The first-order valence-electron chi connectivity index (χ1n) is 6.17. The van der Waals surface area contributed by atoms with E-state index in [9.17, 15) is 13.2 Å². The molecular weight excluding hydrogens is 252 g/mol. The summed E-state index contributed by atoms with van der Waals surface area (Å²) in [5.41, 5.74) is 1.38. The van der Waals surface area contributed by atoms with Crippen LogP contribution in [0.25, 0.3) is 0 Å². The summed E-state index contributed by atoms with van der Waals surface area (Å²) in [4.78, 5) is 12.0. The first-order chi connectivity index (χ1) is 8.39. The van der Waals surface area contributed by atoms with Gasteiger partial charge in [0.2, 0.25) is 0 Å². The Balaban J connectivity index is 2.61. The normalized spacial score (nSPS) is 11.7. The molecular formula is C12H20N2O3S. The third-order valence-electron chi connectivity index (χ3n) is 2.79. The molecule has 0 fully saturated rings. The van der Waals surface area contributed by atoms with Crippen molar-refractivity contribution in [3.05, 3.63) is 17.5 Å². The molecule has 1 heterocycles. The predicted molar refractivity (Wildman–Crippen MR) is 70.5 cm³/mol. The van der Waals surface area contributed by atoms with Crippen LogP contribution in [0.5, 0.6) is 0 Å². The molecule has 0 aliphatic carbocycles. The van der Waals surface area contributed by atoms with Crippen LogP contribution < -0.4 is 0 Å². The van der Waals surface area contributed by atoms with E-state index in [0.29, 0.717) is 18.7 Å². The van der Waals surface area contributed by atoms with Crippen molar-refractivity contribution in [2.24, 2.45) is 0 Å². The molecule has 1 aromatic rings. The van der Waals surface area contributed by atoms with E-state index in [4.69, 9.17) is 0 Å². The van der Waals surface area contributed by atoms with E-state index in [-0.39, 0.29) is 23.7 Å². The standard InChI is InChI=1S/C12H20N2O3S/c1-4-14-11(9-10(3)13-14)12(15)7-6-8-18(16,17)5-2/h9H,4-8H2,1-3H3. The van der Waals surface area contributed by atoms with Crippen LogP contribution in [-0.4, -0.2) is 35.5 Å². The summed E-state index contributed by atoms with van der Waals surface area (Å²) in [5.74, 6) is 0.172. The van der Waals surface area contributed by atoms with E-state index in [1.165, 1.54) is 0 Å². The summed E-state index contributed by atoms with van der Waals surface area (Å²) >= 11 is 0. The third-order valence-corrected chi connectivity index (χ3v) is 4.58. The molecule has 18 heavy (non-hydrogen) atoms. The minimum Gasteiger partial charge on any atom is -0.292 e. The molecule has 0 saturated carbocycles. The second-order valence-electron chi connectivity index (χ2n) is 4.25. The number of aryl methyl sites for hydroxylation is 2. The quantitative estimate of drug-likeness (QED) is 0.707. The third kappa shape index (κ3) is 3.94. The highest BCUT2D eigenvalue weighted by Gasteiger charge is 2.14. The average Bonchev–Trinajstić information content (AvgIpc) is 2.70. The molecule has 0 radical (unpaired) electrons. The Labute approximate surface area is 108 Å². The first kappa shape index (κ1) is 14.9. The molecule has 1 rings (SSSR count). The maximum absolute atomic E-state index is 12.0. The lowest BCUT2D eigenvalue weighted by molar-refractivity contribution is 0.0971. The Kier molecular flexibility index (Phi) is 5.07. The van der Waals surface area contributed by atoms with Crippen LogP contribution in [0.1, 0.15) is 42.9 Å². The summed E-state index contributed by atoms with van der Waals surface area (Å²) < 4.78 is 24.3. The van der Waals surface area contributed by atoms with Crippen LogP contribution in [0.4, 0.5) is 0 Å². The van der Waals surface area contributed by atoms with Gasteiger partial charge in [-0.15, -0.1) is 0 Å². The Bertz CT molecular complexity index is 517. The van der Waals surface area contributed by atoms with Crippen LogP contribution in [0.15, 0.2) is 6.07 Å². The monoisotopic (exact) mass is 272 g/mol. The summed E-state index contributed by atoms with van der Waals surface area (Å²) in [5, 5.41) is 4.20. The van der Waals surface area contributed by atoms with Crippen LogP contribution in [0, 0.1) is 6.92 Å². The number of hydrogen-bond acceptors (Lipinski definition) is 4. The Morgan fingerprint density at radius 2 is 2.06 bits per heavy atom. The maximum Gasteiger partial charge on any atom is 0.180 e. The van der Waals surface area contributed by atoms with Gasteiger partial charge < -0.3 is 0 Å². The van der Waals surface area contributed by atoms with Crippen molar-refractivity contribution >= 4 is 15.6 Å². The number of rotatable bonds is 7. The fourth-order valence-corrected chi connectivity index (χ4v) is 2.61. The van der Waals surface area contributed by atoms with Gasteiger partial charge in [0, 0.05) is 18.7 Å². The molecule has 0 amide bonds. The summed E-state index contributed by atoms with van der Waals surface area (Å²) in [6, 6.07) is 1.75. The van der Waals surface area contributed by atoms with Crippen LogP contribution >= 0.6 is 0 Å². The largest absolute Gasteiger partial charge is 0.292 e. The van der Waals surface area contributed by atoms with Gasteiger partial charge in [0.15, 0.2) is 5.78 Å². The Hall–Kier alpha value is -1.17. The molecule has 0 aliphatic heterocycles. The van der Waals surface area contributed by atoms with Crippen molar-refractivity contribution < 1.29 is 13.2 Å². The number of nitrogens with zero attached hydrogens (tertiary/aromatic N) is 2. The second-order valence-corrected chi connectivity index (χ2v) is 6.72. The zero-order valence-corrected chi connectivity index (χ0v) is 12.0. The van der Waals surface area contributed by atoms with Crippen molar-refractivity contribution in [3.8, 4) is 0 Å². The van der Waals surface area contributed by atoms with Gasteiger partial charge in [-0.25, -0.2) is 8.42 Å². The summed E-state index contributed by atoms with van der Waals surface area (Å²) in [7, 11) is -2.98. The number of ketones is 1. The van der Waals surface area contributed by atoms with E-state index >= 15 is 0 Å². The van der Waals surface area contributed by atoms with Crippen molar-refractivity contribution in [2.75, 3.05) is 11.5 Å². The molecule has 0 aromatic carbocycles. The molecule has 0 unspecified atom stereocenters. The van der Waals surface area contributed by atoms with Crippen LogP contribution in [0.2, 0.25) is 0 Å². The van der Waals surface area contributed by atoms with E-state index in [0.717, 1.165) is 5.69 Å². The van der Waals surface area contributed by atoms with Crippen LogP contribution in [0.3, 0.4) is 0 Å². The highest BCUT2D eigenvalue weighted by molar-refractivity contribution is 7.91. The number of carbonyl (C=O) groups is 1. The number of carbonyl (C=O) groups excluding carboxylic acids is 1. The molecule has 102 valence electrons. The highest BCUT2D eigenvalue weighted by atomic mass is 32.2. The van der Waals surface area contributed by atoms with Gasteiger partial charge in [-0.3, -0.25) is 9.48 Å². The van der Waals surface area contributed by atoms with Crippen molar-refractivity contribution in [2.45, 2.75) is 40.2 Å². The minimum atomic E-state index is -2.98. The number of hydrogen-bond donors (Lipinski definition) is 0. The van der Waals surface area contributed by atoms with E-state index in [1.807, 2.05) is 13.8 Å². The zero-order chi connectivity index (χ0) is 13.8. The molecule has 0 N–H and O–H groups in total. The van der Waals surface area contributed by atoms with Gasteiger partial charge in [-0.2, -0.15) is 5.10 Å². The second kappa shape index (κ2) is 6.13. The van der Waals surface area contributed by atoms with Gasteiger partial charge in [0.05, 0.1) is 11.4 Å². The topological polar surface area (TPSA) is 69.0 Å². The van der Waals surface area contributed by atoms with Crippen molar-refractivity contribution in [1.82, 2.24) is 9.78 Å². The summed E-state index contributed by atoms with van der Waals surface area (Å²) in [6.45, 7) is 6.02. The molecule has 6 heteroatoms. The van der Waals surface area contributed by atoms with Crippen LogP contribution in [-0.2, 0) is 16.4 Å². The first-order valence-corrected chi connectivity index (χ1v) is 7.99. The van der Waals surface area contributed by atoms with Gasteiger partial charge in [-0.1, -0.05) is 6.92 Å². The number of Topliss-reactive ketones (excluding diaryl/α,β-unsaturated/α-hetero) is 1. The molecule has 0 spiro atoms. The van der Waals surface area contributed by atoms with Gasteiger partial charge in [0.1, 0.15) is 15.5 Å². The molecule has 0 bridgehead atoms. The molecule has 5 nitrogen and oxygen atoms in total. The Morgan fingerprint density at radius 3 is 2.61 bits per heavy atom. The SMILES string of the molecule is CCn1nc(C)cc1C(=O)CCCS(=O)(=O)CC. The molecule has 0 saturated heterocycles. The fraction of sp³-hybridized carbons (Fsp3) is 0.667. The minimum absolute atomic E-state index is 0.0382. The number of aromatic nitrogens is 2. The summed E-state index contributed by atoms with van der Waals surface area (Å²) in [6.07, 6.45) is 0.632. The van der Waals surface area contributed by atoms with Crippen molar-refractivity contribution in [1.29, 1.82) is 0 Å². The van der Waals surface area contributed by atoms with Crippen molar-refractivity contribution in [3.63, 3.8) is 0 Å². The predicted octanol–water partition coefficient (Wildman–Crippen LogP) is 1.61. The molecule has 0 aliphatic rings. The average molecular weight is 272 g/mol. The van der Waals surface area contributed by atoms with Gasteiger partial charge in [-0.05, 0) is 26.3 Å². The van der Waals surface area contributed by atoms with Gasteiger partial charge in [0.25, 0.3) is 0 Å². The Morgan fingerprint density at radius 1 is 1.39 bits per heavy atom. The highest BCUT2D eigenvalue weighted by Crippen LogP contribution is 2.09. The zero-order valence-electron chi connectivity index (χ0n) is 11.1. The maximum atomic E-state index is 12.0. The fourth-order valence-electron chi connectivity index (χ4n) is 1.74. The smallest absolute Gasteiger partial charge is 0.180 e. The van der Waals surface area contributed by atoms with E-state index < -0.39 is 9.84 Å². The van der Waals surface area contributed by atoms with Gasteiger partial charge >= 0.3 is 0 Å². The lowest BCUT2D eigenvalue weighted by Crippen LogP contribution is -2.13.